The molecule has 94 valence electrons. The summed E-state index contributed by atoms with van der Waals surface area (Å²) in [5.74, 6) is 0. The van der Waals surface area contributed by atoms with Gasteiger partial charge >= 0.3 is 0 Å². The fourth-order valence-corrected chi connectivity index (χ4v) is 2.76. The fraction of sp³-hybridized carbons (Fsp3) is 0.0625. The molecule has 0 N–H and O–H groups in total. The summed E-state index contributed by atoms with van der Waals surface area (Å²) in [5.41, 5.74) is 2.38. The van der Waals surface area contributed by atoms with Crippen LogP contribution in [0.15, 0.2) is 77.0 Å². The molecule has 0 bridgehead atoms. The molecule has 1 aromatic carbocycles. The topological polar surface area (TPSA) is 17.8 Å². The molecule has 2 heterocycles. The van der Waals surface area contributed by atoms with E-state index in [-0.39, 0.29) is 0 Å². The van der Waals surface area contributed by atoms with Crippen LogP contribution in [0.5, 0.6) is 0 Å². The summed E-state index contributed by atoms with van der Waals surface area (Å²) in [5, 5.41) is 1.02. The van der Waals surface area contributed by atoms with E-state index in [0.29, 0.717) is 0 Å². The van der Waals surface area contributed by atoms with Crippen LogP contribution in [-0.4, -0.2) is 9.55 Å². The molecule has 3 aromatic rings. The van der Waals surface area contributed by atoms with Gasteiger partial charge in [0, 0.05) is 23.5 Å². The standard InChI is InChI=1S/C16H14N2S/c1-13-6-8-14(9-7-13)19-16-15(5-4-10-17-16)18-11-2-3-12-18/h2-12H,1H3. The van der Waals surface area contributed by atoms with Crippen LogP contribution >= 0.6 is 11.8 Å². The highest BCUT2D eigenvalue weighted by molar-refractivity contribution is 7.99. The average molecular weight is 266 g/mol. The molecule has 0 saturated carbocycles. The number of hydrogen-bond acceptors (Lipinski definition) is 2. The summed E-state index contributed by atoms with van der Waals surface area (Å²) in [6, 6.07) is 16.6. The molecule has 2 nitrogen and oxygen atoms in total. The second-order valence-electron chi connectivity index (χ2n) is 4.33. The summed E-state index contributed by atoms with van der Waals surface area (Å²) in [7, 11) is 0. The first kappa shape index (κ1) is 12.1. The van der Waals surface area contributed by atoms with E-state index >= 15 is 0 Å². The van der Waals surface area contributed by atoms with Crippen LogP contribution in [0, 0.1) is 6.92 Å². The minimum absolute atomic E-state index is 1.02. The van der Waals surface area contributed by atoms with E-state index in [2.05, 4.69) is 46.8 Å². The predicted molar refractivity (Wildman–Crippen MR) is 78.9 cm³/mol. The van der Waals surface area contributed by atoms with Gasteiger partial charge in [-0.1, -0.05) is 29.5 Å². The van der Waals surface area contributed by atoms with E-state index < -0.39 is 0 Å². The highest BCUT2D eigenvalue weighted by Gasteiger charge is 2.06. The molecule has 0 spiro atoms. The summed E-state index contributed by atoms with van der Waals surface area (Å²) in [6.07, 6.45) is 5.91. The van der Waals surface area contributed by atoms with E-state index in [1.165, 1.54) is 10.5 Å². The smallest absolute Gasteiger partial charge is 0.125 e. The van der Waals surface area contributed by atoms with Gasteiger partial charge in [0.25, 0.3) is 0 Å². The Kier molecular flexibility index (Phi) is 3.38. The third-order valence-electron chi connectivity index (χ3n) is 2.87. The molecule has 3 heteroatoms. The van der Waals surface area contributed by atoms with Crippen molar-refractivity contribution in [2.24, 2.45) is 0 Å². The van der Waals surface area contributed by atoms with Gasteiger partial charge in [-0.25, -0.2) is 4.98 Å². The van der Waals surface area contributed by atoms with E-state index in [4.69, 9.17) is 0 Å². The summed E-state index contributed by atoms with van der Waals surface area (Å²) < 4.78 is 2.09. The first-order valence-electron chi connectivity index (χ1n) is 6.16. The first-order valence-corrected chi connectivity index (χ1v) is 6.97. The van der Waals surface area contributed by atoms with Crippen LogP contribution in [-0.2, 0) is 0 Å². The zero-order valence-electron chi connectivity index (χ0n) is 10.7. The summed E-state index contributed by atoms with van der Waals surface area (Å²) >= 11 is 1.69. The fourth-order valence-electron chi connectivity index (χ4n) is 1.87. The van der Waals surface area contributed by atoms with Crippen molar-refractivity contribution in [1.29, 1.82) is 0 Å². The molecule has 0 saturated heterocycles. The quantitative estimate of drug-likeness (QED) is 0.702. The van der Waals surface area contributed by atoms with Crippen molar-refractivity contribution in [3.8, 4) is 5.69 Å². The van der Waals surface area contributed by atoms with E-state index in [9.17, 15) is 0 Å². The van der Waals surface area contributed by atoms with Crippen LogP contribution in [0.2, 0.25) is 0 Å². The van der Waals surface area contributed by atoms with Crippen LogP contribution < -0.4 is 0 Å². The van der Waals surface area contributed by atoms with Crippen molar-refractivity contribution in [3.63, 3.8) is 0 Å². The van der Waals surface area contributed by atoms with Crippen LogP contribution in [0.4, 0.5) is 0 Å². The third-order valence-corrected chi connectivity index (χ3v) is 3.88. The predicted octanol–water partition coefficient (Wildman–Crippen LogP) is 4.33. The maximum absolute atomic E-state index is 4.49. The van der Waals surface area contributed by atoms with Gasteiger partial charge < -0.3 is 4.57 Å². The average Bonchev–Trinajstić information content (AvgIpc) is 2.96. The van der Waals surface area contributed by atoms with Crippen molar-refractivity contribution in [1.82, 2.24) is 9.55 Å². The molecule has 0 atom stereocenters. The van der Waals surface area contributed by atoms with Gasteiger partial charge in [0.05, 0.1) is 5.69 Å². The molecule has 3 rings (SSSR count). The van der Waals surface area contributed by atoms with Gasteiger partial charge in [-0.3, -0.25) is 0 Å². The lowest BCUT2D eigenvalue weighted by Crippen LogP contribution is -1.94. The normalized spacial score (nSPS) is 10.6. The number of aromatic nitrogens is 2. The largest absolute Gasteiger partial charge is 0.321 e. The number of rotatable bonds is 3. The molecule has 0 amide bonds. The Morgan fingerprint density at radius 2 is 1.68 bits per heavy atom. The van der Waals surface area contributed by atoms with Crippen molar-refractivity contribution in [2.45, 2.75) is 16.8 Å². The SMILES string of the molecule is Cc1ccc(Sc2ncccc2-n2cccc2)cc1. The minimum Gasteiger partial charge on any atom is -0.321 e. The Morgan fingerprint density at radius 1 is 0.947 bits per heavy atom. The molecule has 19 heavy (non-hydrogen) atoms. The van der Waals surface area contributed by atoms with E-state index in [1.807, 2.05) is 36.8 Å². The second kappa shape index (κ2) is 5.33. The Balaban J connectivity index is 1.95. The van der Waals surface area contributed by atoms with Crippen LogP contribution in [0.3, 0.4) is 0 Å². The monoisotopic (exact) mass is 266 g/mol. The van der Waals surface area contributed by atoms with Crippen LogP contribution in [0.1, 0.15) is 5.56 Å². The molecule has 0 aliphatic carbocycles. The molecular weight excluding hydrogens is 252 g/mol. The van der Waals surface area contributed by atoms with Crippen molar-refractivity contribution < 1.29 is 0 Å². The van der Waals surface area contributed by atoms with Crippen molar-refractivity contribution in [2.75, 3.05) is 0 Å². The summed E-state index contributed by atoms with van der Waals surface area (Å²) in [6.45, 7) is 2.10. The van der Waals surface area contributed by atoms with Gasteiger partial charge in [-0.05, 0) is 43.3 Å². The van der Waals surface area contributed by atoms with Crippen molar-refractivity contribution >= 4 is 11.8 Å². The molecule has 0 fully saturated rings. The molecule has 0 aliphatic heterocycles. The highest BCUT2D eigenvalue weighted by Crippen LogP contribution is 2.30. The van der Waals surface area contributed by atoms with Gasteiger partial charge in [0.1, 0.15) is 5.03 Å². The number of nitrogens with zero attached hydrogens (tertiary/aromatic N) is 2. The van der Waals surface area contributed by atoms with Gasteiger partial charge in [0.2, 0.25) is 0 Å². The number of hydrogen-bond donors (Lipinski definition) is 0. The number of pyridine rings is 1. The molecular formula is C16H14N2S. The first-order chi connectivity index (χ1) is 9.33. The number of benzene rings is 1. The lowest BCUT2D eigenvalue weighted by atomic mass is 10.2. The van der Waals surface area contributed by atoms with Crippen molar-refractivity contribution in [3.05, 3.63) is 72.7 Å². The Morgan fingerprint density at radius 3 is 2.42 bits per heavy atom. The maximum atomic E-state index is 4.49. The molecule has 0 radical (unpaired) electrons. The highest BCUT2D eigenvalue weighted by atomic mass is 32.2. The summed E-state index contributed by atoms with van der Waals surface area (Å²) in [4.78, 5) is 5.70. The molecule has 2 aromatic heterocycles. The lowest BCUT2D eigenvalue weighted by molar-refractivity contribution is 0.980. The number of aryl methyl sites for hydroxylation is 1. The Bertz CT molecular complexity index is 657. The van der Waals surface area contributed by atoms with E-state index in [0.717, 1.165) is 10.7 Å². The Labute approximate surface area is 117 Å². The zero-order valence-corrected chi connectivity index (χ0v) is 11.5. The van der Waals surface area contributed by atoms with Gasteiger partial charge in [-0.15, -0.1) is 0 Å². The maximum Gasteiger partial charge on any atom is 0.125 e. The lowest BCUT2D eigenvalue weighted by Gasteiger charge is -2.09. The minimum atomic E-state index is 1.02. The molecule has 0 unspecified atom stereocenters. The van der Waals surface area contributed by atoms with E-state index in [1.54, 1.807) is 11.8 Å². The third kappa shape index (κ3) is 2.71. The molecule has 0 aliphatic rings. The second-order valence-corrected chi connectivity index (χ2v) is 5.40. The Hall–Kier alpha value is -2.00. The van der Waals surface area contributed by atoms with Gasteiger partial charge in [-0.2, -0.15) is 0 Å². The zero-order chi connectivity index (χ0) is 13.1. The van der Waals surface area contributed by atoms with Gasteiger partial charge in [0.15, 0.2) is 0 Å². The van der Waals surface area contributed by atoms with Crippen LogP contribution in [0.25, 0.3) is 5.69 Å².